The Labute approximate surface area is 339 Å². The fourth-order valence-corrected chi connectivity index (χ4v) is 10.2. The van der Waals surface area contributed by atoms with Crippen LogP contribution in [0.3, 0.4) is 0 Å². The van der Waals surface area contributed by atoms with Crippen LogP contribution in [-0.4, -0.2) is 60.5 Å². The van der Waals surface area contributed by atoms with Gasteiger partial charge >= 0.3 is 12.2 Å². The second kappa shape index (κ2) is 16.4. The Morgan fingerprint density at radius 2 is 0.982 bits per heavy atom. The Morgan fingerprint density at radius 1 is 0.600 bits per heavy atom. The molecule has 0 atom stereocenters. The van der Waals surface area contributed by atoms with Crippen molar-refractivity contribution in [2.24, 2.45) is 0 Å². The summed E-state index contributed by atoms with van der Waals surface area (Å²) in [6, 6.07) is 16.8. The molecule has 3 heterocycles. The van der Waals surface area contributed by atoms with E-state index in [0.717, 1.165) is 59.9 Å². The van der Waals surface area contributed by atoms with Gasteiger partial charge in [-0.3, -0.25) is 9.80 Å². The van der Waals surface area contributed by atoms with Crippen molar-refractivity contribution in [1.82, 2.24) is 15.1 Å². The van der Waals surface area contributed by atoms with E-state index in [2.05, 4.69) is 27.3 Å². The van der Waals surface area contributed by atoms with E-state index >= 15 is 0 Å². The average molecular weight is 881 g/mol. The predicted octanol–water partition coefficient (Wildman–Crippen LogP) is 8.22. The van der Waals surface area contributed by atoms with Gasteiger partial charge in [-0.2, -0.15) is 0 Å². The zero-order valence-electron chi connectivity index (χ0n) is 32.2. The minimum atomic E-state index is -3.19. The fourth-order valence-electron chi connectivity index (χ4n) is 6.41. The van der Waals surface area contributed by atoms with Crippen LogP contribution in [-0.2, 0) is 68.4 Å². The van der Waals surface area contributed by atoms with Gasteiger partial charge < -0.3 is 14.8 Å². The molecule has 55 heavy (non-hydrogen) atoms. The number of nitrogens with zero attached hydrogens (tertiary/aromatic N) is 2. The number of carbonyl (C=O) groups is 2. The minimum Gasteiger partial charge on any atom is -0.444 e. The lowest BCUT2D eigenvalue weighted by atomic mass is 10.1. The third-order valence-electron chi connectivity index (χ3n) is 9.49. The molecule has 0 bridgehead atoms. The molecule has 0 saturated heterocycles. The SMILES string of the molecule is CC(C)(C)OC(=O)N1Cc2ccc(Br)cc2C1.CC(C)(C)OC(=O)N1Cc2ccc(S(=O)(=O)C3CC3)cc2C1.Cl.O=S(=O)(c1ccc2c(c1)CNC2)C1CC1. The lowest BCUT2D eigenvalue weighted by Gasteiger charge is -2.24. The van der Waals surface area contributed by atoms with E-state index in [0.29, 0.717) is 36.0 Å². The Hall–Kier alpha value is -3.17. The summed E-state index contributed by atoms with van der Waals surface area (Å²) in [6.07, 6.45) is 2.56. The van der Waals surface area contributed by atoms with Crippen molar-refractivity contribution < 1.29 is 35.9 Å². The van der Waals surface area contributed by atoms with Gasteiger partial charge in [-0.25, -0.2) is 26.4 Å². The maximum absolute atomic E-state index is 12.3. The number of halogens is 2. The number of ether oxygens (including phenoxy) is 2. The summed E-state index contributed by atoms with van der Waals surface area (Å²) in [5.41, 5.74) is 5.65. The third kappa shape index (κ3) is 10.8. The summed E-state index contributed by atoms with van der Waals surface area (Å²) in [7, 11) is -6.20. The molecular formula is C40H51BrClN3O8S2. The van der Waals surface area contributed by atoms with Gasteiger partial charge in [0, 0.05) is 43.7 Å². The van der Waals surface area contributed by atoms with Gasteiger partial charge in [0.15, 0.2) is 19.7 Å². The minimum absolute atomic E-state index is 0. The van der Waals surface area contributed by atoms with E-state index < -0.39 is 30.9 Å². The molecule has 300 valence electrons. The van der Waals surface area contributed by atoms with Gasteiger partial charge in [0.1, 0.15) is 11.2 Å². The zero-order valence-corrected chi connectivity index (χ0v) is 36.2. The van der Waals surface area contributed by atoms with Crippen molar-refractivity contribution in [3.8, 4) is 0 Å². The number of hydrogen-bond acceptors (Lipinski definition) is 9. The molecule has 3 aliphatic heterocycles. The lowest BCUT2D eigenvalue weighted by molar-refractivity contribution is 0.0232. The van der Waals surface area contributed by atoms with E-state index in [1.54, 1.807) is 28.0 Å². The highest BCUT2D eigenvalue weighted by molar-refractivity contribution is 9.10. The highest BCUT2D eigenvalue weighted by Crippen LogP contribution is 2.36. The summed E-state index contributed by atoms with van der Waals surface area (Å²) in [5.74, 6) is 0. The van der Waals surface area contributed by atoms with Crippen LogP contribution in [0.15, 0.2) is 68.9 Å². The second-order valence-electron chi connectivity index (χ2n) is 16.5. The van der Waals surface area contributed by atoms with Gasteiger partial charge in [0.2, 0.25) is 0 Å². The molecule has 2 aliphatic carbocycles. The molecule has 0 aromatic heterocycles. The Balaban J connectivity index is 0.000000160. The quantitative estimate of drug-likeness (QED) is 0.275. The van der Waals surface area contributed by atoms with Crippen LogP contribution in [0, 0.1) is 0 Å². The molecule has 5 aliphatic rings. The number of sulfone groups is 2. The van der Waals surface area contributed by atoms with Gasteiger partial charge in [-0.1, -0.05) is 34.1 Å². The fraction of sp³-hybridized carbons (Fsp3) is 0.500. The number of amides is 2. The Kier molecular flexibility index (Phi) is 12.8. The van der Waals surface area contributed by atoms with E-state index in [1.807, 2.05) is 71.9 Å². The average Bonchev–Trinajstić information content (AvgIpc) is 3.99. The molecule has 2 amide bonds. The highest BCUT2D eigenvalue weighted by atomic mass is 79.9. The van der Waals surface area contributed by atoms with E-state index in [9.17, 15) is 26.4 Å². The second-order valence-corrected chi connectivity index (χ2v) is 21.9. The van der Waals surface area contributed by atoms with E-state index in [4.69, 9.17) is 9.47 Å². The highest BCUT2D eigenvalue weighted by Gasteiger charge is 2.38. The van der Waals surface area contributed by atoms with Crippen LogP contribution in [0.1, 0.15) is 101 Å². The first-order chi connectivity index (χ1) is 25.2. The third-order valence-corrected chi connectivity index (χ3v) is 14.5. The molecule has 3 aromatic rings. The molecule has 1 N–H and O–H groups in total. The molecular weight excluding hydrogens is 830 g/mol. The Morgan fingerprint density at radius 3 is 1.44 bits per heavy atom. The summed E-state index contributed by atoms with van der Waals surface area (Å²) in [5, 5.41) is 2.90. The summed E-state index contributed by atoms with van der Waals surface area (Å²) >= 11 is 3.44. The molecule has 0 spiro atoms. The molecule has 3 aromatic carbocycles. The van der Waals surface area contributed by atoms with E-state index in [1.165, 1.54) is 16.7 Å². The molecule has 8 rings (SSSR count). The topological polar surface area (TPSA) is 139 Å². The number of fused-ring (bicyclic) bond motifs is 3. The Bertz CT molecular complexity index is 2160. The van der Waals surface area contributed by atoms with Crippen molar-refractivity contribution in [2.75, 3.05) is 0 Å². The number of benzene rings is 3. The first kappa shape index (κ1) is 43.0. The van der Waals surface area contributed by atoms with E-state index in [-0.39, 0.29) is 35.1 Å². The molecule has 2 fully saturated rings. The molecule has 11 nitrogen and oxygen atoms in total. The monoisotopic (exact) mass is 879 g/mol. The first-order valence-electron chi connectivity index (χ1n) is 18.3. The van der Waals surface area contributed by atoms with Crippen LogP contribution in [0.2, 0.25) is 0 Å². The van der Waals surface area contributed by atoms with Crippen LogP contribution in [0.5, 0.6) is 0 Å². The molecule has 15 heteroatoms. The lowest BCUT2D eigenvalue weighted by Crippen LogP contribution is -2.33. The van der Waals surface area contributed by atoms with Crippen molar-refractivity contribution in [2.45, 2.75) is 138 Å². The van der Waals surface area contributed by atoms with Gasteiger partial charge in [-0.05, 0) is 137 Å². The van der Waals surface area contributed by atoms with Gasteiger partial charge in [0.25, 0.3) is 0 Å². The standard InChI is InChI=1S/C16H21NO4S.C13H16BrNO2.C11H13NO2S.ClH/c1-16(2,3)21-15(18)17-9-11-4-5-14(8-12(11)10-17)22(19,20)13-6-7-13;1-13(2,3)17-12(16)15-7-9-4-5-11(14)6-10(9)8-15;13-15(14,10-3-4-10)11-2-1-8-6-12-7-9(8)5-11;/h4-5,8,13H,6-7,9-10H2,1-3H3;4-6H,7-8H2,1-3H3;1-2,5,10,12H,3-4,6-7H2;1H. The maximum atomic E-state index is 12.3. The summed E-state index contributed by atoms with van der Waals surface area (Å²) in [6.45, 7) is 14.9. The van der Waals surface area contributed by atoms with Crippen LogP contribution in [0.25, 0.3) is 0 Å². The summed E-state index contributed by atoms with van der Waals surface area (Å²) < 4.78 is 60.3. The van der Waals surface area contributed by atoms with Crippen molar-refractivity contribution in [3.63, 3.8) is 0 Å². The van der Waals surface area contributed by atoms with Gasteiger partial charge in [-0.15, -0.1) is 12.4 Å². The van der Waals surface area contributed by atoms with Crippen LogP contribution >= 0.6 is 28.3 Å². The van der Waals surface area contributed by atoms with Crippen molar-refractivity contribution in [3.05, 3.63) is 92.5 Å². The number of carbonyl (C=O) groups excluding carboxylic acids is 2. The predicted molar refractivity (Wildman–Crippen MR) is 216 cm³/mol. The maximum Gasteiger partial charge on any atom is 0.410 e. The zero-order chi connectivity index (χ0) is 39.2. The molecule has 2 saturated carbocycles. The van der Waals surface area contributed by atoms with Gasteiger partial charge in [0.05, 0.1) is 20.3 Å². The number of hydrogen-bond donors (Lipinski definition) is 1. The van der Waals surface area contributed by atoms with Crippen molar-refractivity contribution in [1.29, 1.82) is 0 Å². The number of nitrogens with one attached hydrogen (secondary N) is 1. The van der Waals surface area contributed by atoms with Crippen molar-refractivity contribution >= 4 is 60.2 Å². The smallest absolute Gasteiger partial charge is 0.410 e. The number of rotatable bonds is 4. The van der Waals surface area contributed by atoms with Crippen LogP contribution < -0.4 is 5.32 Å². The normalized spacial score (nSPS) is 17.4. The molecule has 0 unspecified atom stereocenters. The summed E-state index contributed by atoms with van der Waals surface area (Å²) in [4.78, 5) is 28.2. The van der Waals surface area contributed by atoms with Crippen LogP contribution in [0.4, 0.5) is 9.59 Å². The molecule has 0 radical (unpaired) electrons. The largest absolute Gasteiger partial charge is 0.444 e. The first-order valence-corrected chi connectivity index (χ1v) is 22.2.